The molecule has 1 saturated heterocycles. The van der Waals surface area contributed by atoms with E-state index in [1.54, 1.807) is 7.11 Å². The first-order valence-corrected chi connectivity index (χ1v) is 9.61. The molecule has 2 aromatic rings. The van der Waals surface area contributed by atoms with Crippen LogP contribution in [0.5, 0.6) is 11.5 Å². The average Bonchev–Trinajstić information content (AvgIpc) is 3.27. The third kappa shape index (κ3) is 8.10. The first kappa shape index (κ1) is 23.2. The van der Waals surface area contributed by atoms with Crippen LogP contribution in [-0.2, 0) is 27.5 Å². The van der Waals surface area contributed by atoms with Crippen LogP contribution in [-0.4, -0.2) is 48.5 Å². The van der Waals surface area contributed by atoms with E-state index < -0.39 is 11.9 Å². The van der Waals surface area contributed by atoms with Crippen molar-refractivity contribution in [3.05, 3.63) is 59.7 Å². The molecule has 30 heavy (non-hydrogen) atoms. The fourth-order valence-corrected chi connectivity index (χ4v) is 2.86. The number of benzene rings is 2. The Morgan fingerprint density at radius 1 is 1.07 bits per heavy atom. The largest absolute Gasteiger partial charge is 0.493 e. The van der Waals surface area contributed by atoms with Crippen molar-refractivity contribution in [3.63, 3.8) is 0 Å². The van der Waals surface area contributed by atoms with Gasteiger partial charge in [-0.1, -0.05) is 36.4 Å². The van der Waals surface area contributed by atoms with Crippen LogP contribution in [0.15, 0.2) is 48.5 Å². The molecule has 8 heteroatoms. The summed E-state index contributed by atoms with van der Waals surface area (Å²) in [6, 6.07) is 16.2. The zero-order valence-electron chi connectivity index (χ0n) is 16.9. The predicted molar refractivity (Wildman–Crippen MR) is 110 cm³/mol. The van der Waals surface area contributed by atoms with Crippen molar-refractivity contribution in [1.82, 2.24) is 5.32 Å². The van der Waals surface area contributed by atoms with E-state index in [1.807, 2.05) is 30.3 Å². The number of carbonyl (C=O) groups is 2. The number of ether oxygens (including phenoxy) is 3. The molecule has 0 spiro atoms. The maximum absolute atomic E-state index is 9.10. The molecule has 8 nitrogen and oxygen atoms in total. The lowest BCUT2D eigenvalue weighted by molar-refractivity contribution is -0.159. The van der Waals surface area contributed by atoms with Crippen LogP contribution in [0.4, 0.5) is 0 Å². The number of aliphatic carboxylic acids is 2. The molecular formula is C22H27NO7. The summed E-state index contributed by atoms with van der Waals surface area (Å²) < 4.78 is 17.0. The normalized spacial score (nSPS) is 15.0. The lowest BCUT2D eigenvalue weighted by Gasteiger charge is -2.14. The highest BCUT2D eigenvalue weighted by Gasteiger charge is 2.14. The number of carboxylic acid groups (broad SMARTS) is 2. The van der Waals surface area contributed by atoms with Gasteiger partial charge in [0.25, 0.3) is 0 Å². The molecular weight excluding hydrogens is 390 g/mol. The van der Waals surface area contributed by atoms with Gasteiger partial charge in [0.15, 0.2) is 11.5 Å². The van der Waals surface area contributed by atoms with Gasteiger partial charge >= 0.3 is 11.9 Å². The SMILES string of the molecule is COc1cc(CNCC2CCCO2)ccc1OCc1ccccc1.O=C(O)C(=O)O. The highest BCUT2D eigenvalue weighted by Crippen LogP contribution is 2.28. The Hall–Kier alpha value is -3.10. The van der Waals surface area contributed by atoms with E-state index in [-0.39, 0.29) is 0 Å². The van der Waals surface area contributed by atoms with Gasteiger partial charge in [0.1, 0.15) is 6.61 Å². The van der Waals surface area contributed by atoms with Crippen molar-refractivity contribution in [2.75, 3.05) is 20.3 Å². The van der Waals surface area contributed by atoms with Crippen molar-refractivity contribution < 1.29 is 34.0 Å². The Morgan fingerprint density at radius 3 is 2.40 bits per heavy atom. The molecule has 1 atom stereocenters. The first-order chi connectivity index (χ1) is 14.5. The zero-order valence-corrected chi connectivity index (χ0v) is 16.9. The summed E-state index contributed by atoms with van der Waals surface area (Å²) in [5, 5.41) is 18.2. The maximum Gasteiger partial charge on any atom is 0.414 e. The molecule has 1 heterocycles. The lowest BCUT2D eigenvalue weighted by Crippen LogP contribution is -2.25. The molecule has 0 aromatic heterocycles. The Balaban J connectivity index is 0.000000469. The number of rotatable bonds is 8. The standard InChI is InChI=1S/C20H25NO3.C2H2O4/c1-22-20-12-17(13-21-14-18-8-5-11-23-18)9-10-19(20)24-15-16-6-3-2-4-7-16;3-1(4)2(5)6/h2-4,6-7,9-10,12,18,21H,5,8,11,13-15H2,1H3;(H,3,4)(H,5,6). The highest BCUT2D eigenvalue weighted by molar-refractivity contribution is 6.27. The number of nitrogens with one attached hydrogen (secondary N) is 1. The smallest absolute Gasteiger partial charge is 0.414 e. The van der Waals surface area contributed by atoms with Gasteiger partial charge in [-0.3, -0.25) is 0 Å². The molecule has 0 saturated carbocycles. The monoisotopic (exact) mass is 417 g/mol. The van der Waals surface area contributed by atoms with Crippen LogP contribution >= 0.6 is 0 Å². The van der Waals surface area contributed by atoms with Gasteiger partial charge in [0.2, 0.25) is 0 Å². The molecule has 2 aromatic carbocycles. The summed E-state index contributed by atoms with van der Waals surface area (Å²) in [6.07, 6.45) is 2.69. The second-order valence-corrected chi connectivity index (χ2v) is 6.64. The number of hydrogen-bond acceptors (Lipinski definition) is 6. The molecule has 1 fully saturated rings. The van der Waals surface area contributed by atoms with E-state index in [1.165, 1.54) is 12.0 Å². The van der Waals surface area contributed by atoms with E-state index in [4.69, 9.17) is 34.0 Å². The lowest BCUT2D eigenvalue weighted by atomic mass is 10.2. The minimum atomic E-state index is -1.82. The second kappa shape index (κ2) is 12.5. The highest BCUT2D eigenvalue weighted by atomic mass is 16.5. The predicted octanol–water partition coefficient (Wildman–Crippen LogP) is 2.70. The summed E-state index contributed by atoms with van der Waals surface area (Å²) in [5.74, 6) is -2.11. The van der Waals surface area contributed by atoms with E-state index in [9.17, 15) is 0 Å². The van der Waals surface area contributed by atoms with Crippen molar-refractivity contribution in [2.45, 2.75) is 32.1 Å². The van der Waals surface area contributed by atoms with Crippen LogP contribution in [0, 0.1) is 0 Å². The zero-order chi connectivity index (χ0) is 21.8. The average molecular weight is 417 g/mol. The van der Waals surface area contributed by atoms with E-state index >= 15 is 0 Å². The molecule has 3 rings (SSSR count). The fraction of sp³-hybridized carbons (Fsp3) is 0.364. The Morgan fingerprint density at radius 2 is 1.80 bits per heavy atom. The Bertz CT molecular complexity index is 792. The Labute approximate surface area is 175 Å². The third-order valence-electron chi connectivity index (χ3n) is 4.37. The number of hydrogen-bond donors (Lipinski definition) is 3. The third-order valence-corrected chi connectivity index (χ3v) is 4.37. The molecule has 1 aliphatic rings. The van der Waals surface area contributed by atoms with Gasteiger partial charge in [0.05, 0.1) is 13.2 Å². The molecule has 1 aliphatic heterocycles. The van der Waals surface area contributed by atoms with E-state index in [0.717, 1.165) is 43.2 Å². The van der Waals surface area contributed by atoms with Gasteiger partial charge < -0.3 is 29.7 Å². The van der Waals surface area contributed by atoms with Gasteiger partial charge in [-0.05, 0) is 36.1 Å². The summed E-state index contributed by atoms with van der Waals surface area (Å²) in [6.45, 7) is 3.13. The summed E-state index contributed by atoms with van der Waals surface area (Å²) >= 11 is 0. The van der Waals surface area contributed by atoms with E-state index in [2.05, 4.69) is 23.5 Å². The summed E-state index contributed by atoms with van der Waals surface area (Å²) in [5.41, 5.74) is 2.32. The summed E-state index contributed by atoms with van der Waals surface area (Å²) in [7, 11) is 1.67. The van der Waals surface area contributed by atoms with Crippen LogP contribution in [0.3, 0.4) is 0 Å². The molecule has 1 unspecified atom stereocenters. The van der Waals surface area contributed by atoms with Crippen LogP contribution < -0.4 is 14.8 Å². The second-order valence-electron chi connectivity index (χ2n) is 6.64. The van der Waals surface area contributed by atoms with Gasteiger partial charge in [-0.15, -0.1) is 0 Å². The number of carboxylic acids is 2. The molecule has 0 bridgehead atoms. The molecule has 162 valence electrons. The van der Waals surface area contributed by atoms with E-state index in [0.29, 0.717) is 12.7 Å². The van der Waals surface area contributed by atoms with Crippen LogP contribution in [0.25, 0.3) is 0 Å². The topological polar surface area (TPSA) is 114 Å². The van der Waals surface area contributed by atoms with Crippen molar-refractivity contribution in [2.24, 2.45) is 0 Å². The number of methoxy groups -OCH3 is 1. The molecule has 3 N–H and O–H groups in total. The van der Waals surface area contributed by atoms with Gasteiger partial charge in [-0.25, -0.2) is 9.59 Å². The van der Waals surface area contributed by atoms with Crippen molar-refractivity contribution >= 4 is 11.9 Å². The first-order valence-electron chi connectivity index (χ1n) is 9.61. The molecule has 0 amide bonds. The van der Waals surface area contributed by atoms with Crippen molar-refractivity contribution in [1.29, 1.82) is 0 Å². The minimum absolute atomic E-state index is 0.361. The molecule has 0 radical (unpaired) electrons. The Kier molecular flexibility index (Phi) is 9.63. The quantitative estimate of drug-likeness (QED) is 0.562. The fourth-order valence-electron chi connectivity index (χ4n) is 2.86. The minimum Gasteiger partial charge on any atom is -0.493 e. The van der Waals surface area contributed by atoms with Crippen LogP contribution in [0.2, 0.25) is 0 Å². The van der Waals surface area contributed by atoms with Gasteiger partial charge in [-0.2, -0.15) is 0 Å². The van der Waals surface area contributed by atoms with Crippen molar-refractivity contribution in [3.8, 4) is 11.5 Å². The van der Waals surface area contributed by atoms with Gasteiger partial charge in [0, 0.05) is 19.7 Å². The van der Waals surface area contributed by atoms with Crippen LogP contribution in [0.1, 0.15) is 24.0 Å². The molecule has 0 aliphatic carbocycles. The summed E-state index contributed by atoms with van der Waals surface area (Å²) in [4.78, 5) is 18.2. The maximum atomic E-state index is 9.10.